The first-order valence-corrected chi connectivity index (χ1v) is 22.4. The minimum absolute atomic E-state index is 0.0543. The van der Waals surface area contributed by atoms with Crippen LogP contribution < -0.4 is 5.32 Å². The number of carbonyl (C=O) groups is 1. The number of aliphatic hydroxyl groups is 1. The molecule has 0 heterocycles. The number of hydrogen-bond acceptors (Lipinski definition) is 5. The molecule has 0 fully saturated rings. The van der Waals surface area contributed by atoms with Crippen LogP contribution in [0.2, 0.25) is 0 Å². The molecule has 0 saturated carbocycles. The summed E-state index contributed by atoms with van der Waals surface area (Å²) in [5, 5.41) is 13.7. The van der Waals surface area contributed by atoms with E-state index in [1.54, 1.807) is 6.08 Å². The van der Waals surface area contributed by atoms with Crippen LogP contribution in [-0.2, 0) is 18.4 Å². The Morgan fingerprint density at radius 1 is 0.647 bits per heavy atom. The second-order valence-corrected chi connectivity index (χ2v) is 16.8. The number of allylic oxidation sites excluding steroid dienone is 5. The number of likely N-dealkylation sites (N-methyl/N-ethyl adjacent to an activating group) is 1. The van der Waals surface area contributed by atoms with E-state index in [0.29, 0.717) is 17.4 Å². The summed E-state index contributed by atoms with van der Waals surface area (Å²) in [6, 6.07) is -0.864. The Labute approximate surface area is 315 Å². The highest BCUT2D eigenvalue weighted by atomic mass is 31.2. The van der Waals surface area contributed by atoms with Crippen LogP contribution in [0.3, 0.4) is 0 Å². The van der Waals surface area contributed by atoms with Crippen molar-refractivity contribution in [2.45, 2.75) is 187 Å². The van der Waals surface area contributed by atoms with Crippen LogP contribution in [0.5, 0.6) is 0 Å². The summed E-state index contributed by atoms with van der Waals surface area (Å²) in [6.07, 6.45) is 40.7. The summed E-state index contributed by atoms with van der Waals surface area (Å²) >= 11 is 0. The van der Waals surface area contributed by atoms with Gasteiger partial charge in [-0.3, -0.25) is 13.8 Å². The number of phosphoric acid groups is 1. The van der Waals surface area contributed by atoms with Crippen LogP contribution in [0.4, 0.5) is 0 Å². The lowest BCUT2D eigenvalue weighted by Crippen LogP contribution is -2.45. The summed E-state index contributed by atoms with van der Waals surface area (Å²) < 4.78 is 23.5. The van der Waals surface area contributed by atoms with Gasteiger partial charge in [-0.1, -0.05) is 159 Å². The number of nitrogens with one attached hydrogen (secondary N) is 1. The molecule has 9 heteroatoms. The minimum atomic E-state index is -4.34. The highest BCUT2D eigenvalue weighted by Crippen LogP contribution is 2.43. The van der Waals surface area contributed by atoms with Crippen molar-refractivity contribution in [3.63, 3.8) is 0 Å². The first-order chi connectivity index (χ1) is 24.5. The van der Waals surface area contributed by atoms with E-state index < -0.39 is 20.0 Å². The summed E-state index contributed by atoms with van der Waals surface area (Å²) in [7, 11) is 1.55. The Kier molecular flexibility index (Phi) is 33.6. The van der Waals surface area contributed by atoms with Gasteiger partial charge in [0.1, 0.15) is 13.2 Å². The number of quaternary nitrogens is 1. The number of carbonyl (C=O) groups excluding carboxylic acids is 1. The zero-order valence-electron chi connectivity index (χ0n) is 33.8. The molecule has 51 heavy (non-hydrogen) atoms. The van der Waals surface area contributed by atoms with E-state index in [1.165, 1.54) is 109 Å². The van der Waals surface area contributed by atoms with Crippen LogP contribution in [0, 0.1) is 0 Å². The van der Waals surface area contributed by atoms with Gasteiger partial charge in [-0.2, -0.15) is 0 Å². The molecule has 0 radical (unpaired) electrons. The summed E-state index contributed by atoms with van der Waals surface area (Å²) in [5.74, 6) is -0.194. The van der Waals surface area contributed by atoms with E-state index in [4.69, 9.17) is 9.05 Å². The maximum Gasteiger partial charge on any atom is 0.472 e. The van der Waals surface area contributed by atoms with Crippen molar-refractivity contribution < 1.29 is 32.9 Å². The molecule has 3 N–H and O–H groups in total. The second-order valence-electron chi connectivity index (χ2n) is 15.4. The molecule has 0 rings (SSSR count). The van der Waals surface area contributed by atoms with Gasteiger partial charge in [0.15, 0.2) is 0 Å². The minimum Gasteiger partial charge on any atom is -0.387 e. The Morgan fingerprint density at radius 3 is 1.57 bits per heavy atom. The molecule has 3 unspecified atom stereocenters. The molecule has 0 aliphatic carbocycles. The van der Waals surface area contributed by atoms with Gasteiger partial charge in [-0.25, -0.2) is 4.57 Å². The van der Waals surface area contributed by atoms with Gasteiger partial charge in [-0.05, 0) is 44.9 Å². The lowest BCUT2D eigenvalue weighted by molar-refractivity contribution is -0.870. The average Bonchev–Trinajstić information content (AvgIpc) is 3.07. The van der Waals surface area contributed by atoms with Crippen molar-refractivity contribution in [1.82, 2.24) is 5.32 Å². The Balaban J connectivity index is 4.54. The predicted molar refractivity (Wildman–Crippen MR) is 217 cm³/mol. The number of hydrogen-bond donors (Lipinski definition) is 3. The summed E-state index contributed by atoms with van der Waals surface area (Å²) in [6.45, 7) is 4.76. The fourth-order valence-electron chi connectivity index (χ4n) is 5.72. The van der Waals surface area contributed by atoms with Crippen molar-refractivity contribution in [3.05, 3.63) is 36.5 Å². The molecular weight excluding hydrogens is 659 g/mol. The number of amides is 1. The van der Waals surface area contributed by atoms with Crippen LogP contribution in [0.15, 0.2) is 36.5 Å². The maximum atomic E-state index is 12.8. The molecule has 300 valence electrons. The van der Waals surface area contributed by atoms with Crippen LogP contribution in [0.1, 0.15) is 174 Å². The van der Waals surface area contributed by atoms with Gasteiger partial charge in [0.05, 0.1) is 39.9 Å². The number of aliphatic hydroxyl groups excluding tert-OH is 1. The molecule has 1 amide bonds. The number of rotatable bonds is 37. The van der Waals surface area contributed by atoms with Gasteiger partial charge in [0.2, 0.25) is 5.91 Å². The molecule has 0 bridgehead atoms. The highest BCUT2D eigenvalue weighted by Gasteiger charge is 2.27. The molecule has 0 aliphatic heterocycles. The van der Waals surface area contributed by atoms with Gasteiger partial charge >= 0.3 is 7.82 Å². The van der Waals surface area contributed by atoms with Crippen molar-refractivity contribution in [2.24, 2.45) is 0 Å². The fourth-order valence-corrected chi connectivity index (χ4v) is 6.45. The Bertz CT molecular complexity index is 933. The van der Waals surface area contributed by atoms with E-state index >= 15 is 0 Å². The monoisotopic (exact) mass is 742 g/mol. The zero-order chi connectivity index (χ0) is 37.9. The first-order valence-electron chi connectivity index (χ1n) is 20.9. The van der Waals surface area contributed by atoms with Crippen molar-refractivity contribution in [2.75, 3.05) is 40.9 Å². The third kappa shape index (κ3) is 36.9. The Morgan fingerprint density at radius 2 is 1.08 bits per heavy atom. The molecule has 0 saturated heterocycles. The van der Waals surface area contributed by atoms with Crippen molar-refractivity contribution in [1.29, 1.82) is 0 Å². The molecule has 0 aliphatic rings. The van der Waals surface area contributed by atoms with Gasteiger partial charge < -0.3 is 19.8 Å². The molecule has 3 atom stereocenters. The lowest BCUT2D eigenvalue weighted by Gasteiger charge is -2.25. The smallest absolute Gasteiger partial charge is 0.387 e. The van der Waals surface area contributed by atoms with E-state index in [-0.39, 0.29) is 19.1 Å². The largest absolute Gasteiger partial charge is 0.472 e. The van der Waals surface area contributed by atoms with Gasteiger partial charge in [-0.15, -0.1) is 0 Å². The third-order valence-electron chi connectivity index (χ3n) is 9.09. The quantitative estimate of drug-likeness (QED) is 0.0253. The van der Waals surface area contributed by atoms with Crippen molar-refractivity contribution in [3.8, 4) is 0 Å². The van der Waals surface area contributed by atoms with Gasteiger partial charge in [0.25, 0.3) is 0 Å². The average molecular weight is 742 g/mol. The third-order valence-corrected chi connectivity index (χ3v) is 10.1. The van der Waals surface area contributed by atoms with E-state index in [9.17, 15) is 19.4 Å². The van der Waals surface area contributed by atoms with Crippen molar-refractivity contribution >= 4 is 13.7 Å². The van der Waals surface area contributed by atoms with E-state index in [2.05, 4.69) is 43.5 Å². The normalized spacial score (nSPS) is 14.9. The predicted octanol–water partition coefficient (Wildman–Crippen LogP) is 11.1. The summed E-state index contributed by atoms with van der Waals surface area (Å²) in [4.78, 5) is 23.0. The molecule has 0 aromatic carbocycles. The fraction of sp³-hybridized carbons (Fsp3) is 0.833. The molecule has 8 nitrogen and oxygen atoms in total. The summed E-state index contributed by atoms with van der Waals surface area (Å²) in [5.41, 5.74) is 0. The lowest BCUT2D eigenvalue weighted by atomic mass is 10.0. The number of nitrogens with zero attached hydrogens (tertiary/aromatic N) is 1. The van der Waals surface area contributed by atoms with Crippen LogP contribution in [0.25, 0.3) is 0 Å². The molecular formula is C42H82N2O6P+. The standard InChI is InChI=1S/C42H81N2O6P/c1-6-8-10-12-14-16-18-19-20-21-22-23-24-26-27-29-31-33-35-41(45)40(39-50-51(47,48)49-38-37-44(3,4)5)43-42(46)36-34-32-30-28-25-17-15-13-11-9-7-2/h21-22,26-27,33,35,40-41,45H,6-20,23-25,28-32,34,36-39H2,1-5H3,(H-,43,46,47,48)/p+1/b22-21+,27-26+,35-33+. The number of unbranched alkanes of at least 4 members (excludes halogenated alkanes) is 20. The topological polar surface area (TPSA) is 105 Å². The number of phosphoric ester groups is 1. The van der Waals surface area contributed by atoms with E-state index in [1.807, 2.05) is 27.2 Å². The van der Waals surface area contributed by atoms with Gasteiger partial charge in [0, 0.05) is 6.42 Å². The molecule has 0 spiro atoms. The Hall–Kier alpha value is -1.28. The maximum absolute atomic E-state index is 12.8. The highest BCUT2D eigenvalue weighted by molar-refractivity contribution is 7.47. The SMILES string of the molecule is CCCCCCCCCC/C=C/CC/C=C/CC/C=C/C(O)C(COP(=O)(O)OCC[N+](C)(C)C)NC(=O)CCCCCCCCCCCCC. The van der Waals surface area contributed by atoms with Crippen LogP contribution >= 0.6 is 7.82 Å². The zero-order valence-corrected chi connectivity index (χ0v) is 34.7. The van der Waals surface area contributed by atoms with E-state index in [0.717, 1.165) is 44.9 Å². The van der Waals surface area contributed by atoms with Crippen LogP contribution in [-0.4, -0.2) is 73.4 Å². The second kappa shape index (κ2) is 34.5. The molecule has 0 aromatic heterocycles. The first kappa shape index (κ1) is 49.7. The molecule has 0 aromatic rings.